The molecule has 0 unspecified atom stereocenters. The fraction of sp³-hybridized carbons (Fsp3) is 0.120. The summed E-state index contributed by atoms with van der Waals surface area (Å²) in [5.41, 5.74) is 4.65. The molecular formula is C25H23N3O. The third-order valence-electron chi connectivity index (χ3n) is 4.72. The second kappa shape index (κ2) is 9.13. The molecule has 0 fully saturated rings. The monoisotopic (exact) mass is 381 g/mol. The number of hydrogen-bond donors (Lipinski definition) is 1. The Hall–Kier alpha value is -3.50. The van der Waals surface area contributed by atoms with E-state index in [2.05, 4.69) is 82.2 Å². The van der Waals surface area contributed by atoms with Crippen molar-refractivity contribution >= 4 is 5.57 Å². The highest BCUT2D eigenvalue weighted by Crippen LogP contribution is 2.24. The topological polar surface area (TPSA) is 51.0 Å². The lowest BCUT2D eigenvalue weighted by atomic mass is 9.97. The van der Waals surface area contributed by atoms with Crippen LogP contribution in [0.4, 0.5) is 0 Å². The van der Waals surface area contributed by atoms with Crippen LogP contribution in [0.3, 0.4) is 0 Å². The second-order valence-electron chi connectivity index (χ2n) is 6.78. The van der Waals surface area contributed by atoms with Crippen molar-refractivity contribution in [1.82, 2.24) is 15.5 Å². The van der Waals surface area contributed by atoms with Gasteiger partial charge in [0.05, 0.1) is 0 Å². The molecule has 1 aromatic heterocycles. The van der Waals surface area contributed by atoms with Crippen LogP contribution in [0, 0.1) is 6.92 Å². The minimum absolute atomic E-state index is 0.165. The van der Waals surface area contributed by atoms with E-state index in [9.17, 15) is 0 Å². The van der Waals surface area contributed by atoms with Gasteiger partial charge in [-0.25, -0.2) is 0 Å². The number of nitrogens with zero attached hydrogens (tertiary/aromatic N) is 2. The first-order valence-electron chi connectivity index (χ1n) is 9.71. The standard InChI is InChI=1S/C25H23N3O/c1-19-27-25(29-28-19)24(22-15-9-4-10-16-22)26-18-17-23(20-11-5-2-6-12-20)21-13-7-3-8-14-21/h2-17,24,26H,18H2,1H3/t24-/m1/s1. The van der Waals surface area contributed by atoms with E-state index in [1.165, 1.54) is 16.7 Å². The van der Waals surface area contributed by atoms with Crippen molar-refractivity contribution in [2.24, 2.45) is 0 Å². The van der Waals surface area contributed by atoms with Crippen molar-refractivity contribution in [2.75, 3.05) is 6.54 Å². The summed E-state index contributed by atoms with van der Waals surface area (Å²) in [6.07, 6.45) is 2.21. The van der Waals surface area contributed by atoms with Crippen molar-refractivity contribution in [3.63, 3.8) is 0 Å². The lowest BCUT2D eigenvalue weighted by Crippen LogP contribution is -2.23. The highest BCUT2D eigenvalue weighted by molar-refractivity contribution is 5.79. The molecule has 0 bridgehead atoms. The largest absolute Gasteiger partial charge is 0.337 e. The molecule has 144 valence electrons. The molecule has 3 aromatic carbocycles. The average Bonchev–Trinajstić information content (AvgIpc) is 3.21. The Morgan fingerprint density at radius 2 is 1.41 bits per heavy atom. The Morgan fingerprint density at radius 1 is 0.862 bits per heavy atom. The van der Waals surface area contributed by atoms with Crippen LogP contribution >= 0.6 is 0 Å². The Kier molecular flexibility index (Phi) is 5.93. The minimum atomic E-state index is -0.165. The van der Waals surface area contributed by atoms with E-state index in [4.69, 9.17) is 4.52 Å². The number of benzene rings is 3. The molecule has 0 aliphatic rings. The fourth-order valence-electron chi connectivity index (χ4n) is 3.34. The molecule has 1 N–H and O–H groups in total. The molecule has 0 saturated carbocycles. The molecule has 1 heterocycles. The molecule has 0 spiro atoms. The summed E-state index contributed by atoms with van der Waals surface area (Å²) < 4.78 is 5.46. The lowest BCUT2D eigenvalue weighted by molar-refractivity contribution is 0.349. The van der Waals surface area contributed by atoms with Gasteiger partial charge in [0.2, 0.25) is 5.89 Å². The quantitative estimate of drug-likeness (QED) is 0.479. The fourth-order valence-corrected chi connectivity index (χ4v) is 3.34. The molecule has 0 aliphatic heterocycles. The van der Waals surface area contributed by atoms with E-state index in [0.717, 1.165) is 5.56 Å². The maximum atomic E-state index is 5.46. The van der Waals surface area contributed by atoms with Crippen LogP contribution in [0.5, 0.6) is 0 Å². The van der Waals surface area contributed by atoms with E-state index in [1.807, 2.05) is 37.3 Å². The summed E-state index contributed by atoms with van der Waals surface area (Å²) in [5, 5.41) is 7.52. The first-order chi connectivity index (χ1) is 14.3. The number of aromatic nitrogens is 2. The zero-order valence-electron chi connectivity index (χ0n) is 16.3. The Morgan fingerprint density at radius 3 is 1.93 bits per heavy atom. The van der Waals surface area contributed by atoms with E-state index in [0.29, 0.717) is 18.3 Å². The van der Waals surface area contributed by atoms with Gasteiger partial charge in [-0.05, 0) is 29.2 Å². The molecule has 4 heteroatoms. The third-order valence-corrected chi connectivity index (χ3v) is 4.72. The van der Waals surface area contributed by atoms with E-state index >= 15 is 0 Å². The predicted molar refractivity (Wildman–Crippen MR) is 115 cm³/mol. The summed E-state index contributed by atoms with van der Waals surface area (Å²) in [6.45, 7) is 2.48. The molecule has 0 saturated heterocycles. The molecule has 4 nitrogen and oxygen atoms in total. The van der Waals surface area contributed by atoms with Crippen molar-refractivity contribution < 1.29 is 4.52 Å². The van der Waals surface area contributed by atoms with Crippen molar-refractivity contribution in [2.45, 2.75) is 13.0 Å². The molecule has 0 radical (unpaired) electrons. The molecule has 0 aliphatic carbocycles. The maximum absolute atomic E-state index is 5.46. The molecular weight excluding hydrogens is 358 g/mol. The van der Waals surface area contributed by atoms with Crippen LogP contribution in [-0.2, 0) is 0 Å². The van der Waals surface area contributed by atoms with Crippen molar-refractivity contribution in [3.05, 3.63) is 125 Å². The Balaban J connectivity index is 1.62. The summed E-state index contributed by atoms with van der Waals surface area (Å²) >= 11 is 0. The first-order valence-corrected chi connectivity index (χ1v) is 9.71. The van der Waals surface area contributed by atoms with Gasteiger partial charge in [0, 0.05) is 6.54 Å². The Labute approximate surface area is 170 Å². The number of rotatable bonds is 7. The van der Waals surface area contributed by atoms with E-state index < -0.39 is 0 Å². The summed E-state index contributed by atoms with van der Waals surface area (Å²) in [4.78, 5) is 4.44. The lowest BCUT2D eigenvalue weighted by Gasteiger charge is -2.15. The number of hydrogen-bond acceptors (Lipinski definition) is 4. The van der Waals surface area contributed by atoms with Crippen LogP contribution in [0.1, 0.15) is 34.4 Å². The SMILES string of the molecule is Cc1noc([C@H](NCC=C(c2ccccc2)c2ccccc2)c2ccccc2)n1. The zero-order chi connectivity index (χ0) is 19.9. The Bertz CT molecular complexity index is 1020. The second-order valence-corrected chi connectivity index (χ2v) is 6.78. The van der Waals surface area contributed by atoms with Gasteiger partial charge in [-0.2, -0.15) is 4.98 Å². The van der Waals surface area contributed by atoms with Gasteiger partial charge in [-0.1, -0.05) is 102 Å². The van der Waals surface area contributed by atoms with Gasteiger partial charge in [-0.15, -0.1) is 0 Å². The van der Waals surface area contributed by atoms with Crippen LogP contribution in [0.2, 0.25) is 0 Å². The summed E-state index contributed by atoms with van der Waals surface area (Å²) in [5.74, 6) is 1.20. The minimum Gasteiger partial charge on any atom is -0.337 e. The molecule has 29 heavy (non-hydrogen) atoms. The van der Waals surface area contributed by atoms with E-state index in [1.54, 1.807) is 0 Å². The highest BCUT2D eigenvalue weighted by atomic mass is 16.5. The molecule has 4 rings (SSSR count). The van der Waals surface area contributed by atoms with Gasteiger partial charge in [0.1, 0.15) is 6.04 Å². The van der Waals surface area contributed by atoms with Crippen LogP contribution < -0.4 is 5.32 Å². The molecule has 0 amide bonds. The van der Waals surface area contributed by atoms with Crippen molar-refractivity contribution in [3.8, 4) is 0 Å². The zero-order valence-corrected chi connectivity index (χ0v) is 16.3. The van der Waals surface area contributed by atoms with Crippen LogP contribution in [0.25, 0.3) is 5.57 Å². The molecule has 1 atom stereocenters. The van der Waals surface area contributed by atoms with Gasteiger partial charge < -0.3 is 4.52 Å². The van der Waals surface area contributed by atoms with Crippen LogP contribution in [-0.4, -0.2) is 16.7 Å². The smallest absolute Gasteiger partial charge is 0.248 e. The molecule has 4 aromatic rings. The first kappa shape index (κ1) is 18.8. The predicted octanol–water partition coefficient (Wildman–Crippen LogP) is 5.19. The number of aryl methyl sites for hydroxylation is 1. The van der Waals surface area contributed by atoms with Gasteiger partial charge in [0.25, 0.3) is 0 Å². The third kappa shape index (κ3) is 4.68. The van der Waals surface area contributed by atoms with Gasteiger partial charge in [0.15, 0.2) is 5.82 Å². The van der Waals surface area contributed by atoms with E-state index in [-0.39, 0.29) is 6.04 Å². The summed E-state index contributed by atoms with van der Waals surface area (Å²) in [6, 6.07) is 30.9. The summed E-state index contributed by atoms with van der Waals surface area (Å²) in [7, 11) is 0. The normalized spacial score (nSPS) is 11.8. The van der Waals surface area contributed by atoms with Crippen LogP contribution in [0.15, 0.2) is 102 Å². The average molecular weight is 381 g/mol. The van der Waals surface area contributed by atoms with Gasteiger partial charge >= 0.3 is 0 Å². The van der Waals surface area contributed by atoms with Gasteiger partial charge in [-0.3, -0.25) is 5.32 Å². The maximum Gasteiger partial charge on any atom is 0.248 e. The van der Waals surface area contributed by atoms with Crippen molar-refractivity contribution in [1.29, 1.82) is 0 Å². The number of nitrogens with one attached hydrogen (secondary N) is 1. The highest BCUT2D eigenvalue weighted by Gasteiger charge is 2.19.